The number of benzene rings is 1. The van der Waals surface area contributed by atoms with Crippen molar-refractivity contribution in [1.29, 1.82) is 0 Å². The van der Waals surface area contributed by atoms with E-state index >= 15 is 0 Å². The maximum Gasteiger partial charge on any atom is 0.317 e. The molecule has 0 radical (unpaired) electrons. The van der Waals surface area contributed by atoms with Crippen LogP contribution in [0.4, 0.5) is 4.79 Å². The van der Waals surface area contributed by atoms with Gasteiger partial charge in [0.15, 0.2) is 5.76 Å². The maximum absolute atomic E-state index is 12.6. The summed E-state index contributed by atoms with van der Waals surface area (Å²) in [5, 5.41) is 3.03. The lowest BCUT2D eigenvalue weighted by molar-refractivity contribution is 0.0730. The molecule has 1 saturated heterocycles. The molecule has 27 heavy (non-hydrogen) atoms. The SMILES string of the molecule is COc1ccc([C@@H](C)NC(=O)N2CCCN(C(=O)c3ccco3)CC2)cc1. The van der Waals surface area contributed by atoms with Crippen LogP contribution in [0.25, 0.3) is 0 Å². The summed E-state index contributed by atoms with van der Waals surface area (Å²) < 4.78 is 10.3. The number of nitrogens with one attached hydrogen (secondary N) is 1. The first-order chi connectivity index (χ1) is 13.1. The van der Waals surface area contributed by atoms with E-state index in [4.69, 9.17) is 9.15 Å². The zero-order valence-corrected chi connectivity index (χ0v) is 15.7. The third-order valence-corrected chi connectivity index (χ3v) is 4.76. The molecule has 1 aromatic carbocycles. The first kappa shape index (κ1) is 18.8. The second-order valence-corrected chi connectivity index (χ2v) is 6.55. The van der Waals surface area contributed by atoms with Crippen LogP contribution in [-0.4, -0.2) is 55.0 Å². The Hall–Kier alpha value is -2.96. The standard InChI is InChI=1S/C20H25N3O4/c1-15(16-6-8-17(26-2)9-7-16)21-20(25)23-11-4-10-22(12-13-23)19(24)18-5-3-14-27-18/h3,5-9,14-15H,4,10-13H2,1-2H3,(H,21,25)/t15-/m1/s1. The minimum atomic E-state index is -0.131. The molecule has 3 rings (SSSR count). The predicted molar refractivity (Wildman–Crippen MR) is 101 cm³/mol. The normalized spacial score (nSPS) is 15.8. The van der Waals surface area contributed by atoms with Crippen LogP contribution in [0.3, 0.4) is 0 Å². The molecule has 0 bridgehead atoms. The molecule has 1 fully saturated rings. The summed E-state index contributed by atoms with van der Waals surface area (Å²) in [6, 6.07) is 10.8. The zero-order valence-electron chi connectivity index (χ0n) is 15.7. The fourth-order valence-electron chi connectivity index (χ4n) is 3.13. The molecule has 0 saturated carbocycles. The zero-order chi connectivity index (χ0) is 19.2. The van der Waals surface area contributed by atoms with Crippen LogP contribution < -0.4 is 10.1 Å². The predicted octanol–water partition coefficient (Wildman–Crippen LogP) is 2.91. The van der Waals surface area contributed by atoms with Gasteiger partial charge in [0, 0.05) is 26.2 Å². The van der Waals surface area contributed by atoms with Gasteiger partial charge in [0.05, 0.1) is 19.4 Å². The fraction of sp³-hybridized carbons (Fsp3) is 0.400. The smallest absolute Gasteiger partial charge is 0.317 e. The van der Waals surface area contributed by atoms with E-state index in [9.17, 15) is 9.59 Å². The molecule has 1 aliphatic rings. The highest BCUT2D eigenvalue weighted by molar-refractivity contribution is 5.91. The number of amides is 3. The summed E-state index contributed by atoms with van der Waals surface area (Å²) in [6.45, 7) is 4.15. The third kappa shape index (κ3) is 4.61. The number of carbonyl (C=O) groups excluding carboxylic acids is 2. The van der Waals surface area contributed by atoms with E-state index in [1.54, 1.807) is 29.0 Å². The van der Waals surface area contributed by atoms with Gasteiger partial charge in [-0.05, 0) is 43.2 Å². The van der Waals surface area contributed by atoms with E-state index in [2.05, 4.69) is 5.32 Å². The van der Waals surface area contributed by atoms with Gasteiger partial charge in [-0.1, -0.05) is 12.1 Å². The van der Waals surface area contributed by atoms with Crippen LogP contribution >= 0.6 is 0 Å². The Labute approximate surface area is 158 Å². The largest absolute Gasteiger partial charge is 0.497 e. The van der Waals surface area contributed by atoms with Crippen LogP contribution in [0.5, 0.6) is 5.75 Å². The van der Waals surface area contributed by atoms with Gasteiger partial charge in [0.2, 0.25) is 0 Å². The van der Waals surface area contributed by atoms with E-state index in [0.29, 0.717) is 31.9 Å². The Balaban J connectivity index is 1.55. The summed E-state index contributed by atoms with van der Waals surface area (Å²) >= 11 is 0. The van der Waals surface area contributed by atoms with Crippen molar-refractivity contribution < 1.29 is 18.7 Å². The van der Waals surface area contributed by atoms with Crippen molar-refractivity contribution in [2.24, 2.45) is 0 Å². The van der Waals surface area contributed by atoms with Crippen molar-refractivity contribution in [1.82, 2.24) is 15.1 Å². The molecule has 2 heterocycles. The Morgan fingerprint density at radius 1 is 1.07 bits per heavy atom. The highest BCUT2D eigenvalue weighted by atomic mass is 16.5. The maximum atomic E-state index is 12.6. The van der Waals surface area contributed by atoms with Gasteiger partial charge >= 0.3 is 6.03 Å². The van der Waals surface area contributed by atoms with Crippen LogP contribution in [0, 0.1) is 0 Å². The van der Waals surface area contributed by atoms with Crippen molar-refractivity contribution in [3.63, 3.8) is 0 Å². The van der Waals surface area contributed by atoms with E-state index in [1.165, 1.54) is 6.26 Å². The fourth-order valence-corrected chi connectivity index (χ4v) is 3.13. The number of rotatable bonds is 4. The Bertz CT molecular complexity index is 758. The van der Waals surface area contributed by atoms with Gasteiger partial charge in [-0.15, -0.1) is 0 Å². The quantitative estimate of drug-likeness (QED) is 0.897. The molecule has 3 amide bonds. The van der Waals surface area contributed by atoms with Crippen LogP contribution in [0.2, 0.25) is 0 Å². The number of ether oxygens (including phenoxy) is 1. The lowest BCUT2D eigenvalue weighted by atomic mass is 10.1. The van der Waals surface area contributed by atoms with E-state index in [1.807, 2.05) is 31.2 Å². The number of nitrogens with zero attached hydrogens (tertiary/aromatic N) is 2. The molecular weight excluding hydrogens is 346 g/mol. The van der Waals surface area contributed by atoms with E-state index < -0.39 is 0 Å². The molecule has 1 aliphatic heterocycles. The van der Waals surface area contributed by atoms with Gasteiger partial charge in [-0.25, -0.2) is 4.79 Å². The first-order valence-electron chi connectivity index (χ1n) is 9.10. The molecule has 1 N–H and O–H groups in total. The molecule has 1 atom stereocenters. The summed E-state index contributed by atoms with van der Waals surface area (Å²) in [7, 11) is 1.62. The summed E-state index contributed by atoms with van der Waals surface area (Å²) in [5.74, 6) is 0.987. The monoisotopic (exact) mass is 371 g/mol. The lowest BCUT2D eigenvalue weighted by Crippen LogP contribution is -2.43. The van der Waals surface area contributed by atoms with Crippen molar-refractivity contribution >= 4 is 11.9 Å². The molecule has 2 aromatic rings. The molecule has 7 nitrogen and oxygen atoms in total. The van der Waals surface area contributed by atoms with Gasteiger partial charge in [0.1, 0.15) is 5.75 Å². The molecule has 144 valence electrons. The average molecular weight is 371 g/mol. The summed E-state index contributed by atoms with van der Waals surface area (Å²) in [6.07, 6.45) is 2.22. The van der Waals surface area contributed by atoms with Gasteiger partial charge < -0.3 is 24.3 Å². The summed E-state index contributed by atoms with van der Waals surface area (Å²) in [4.78, 5) is 28.5. The minimum absolute atomic E-state index is 0.118. The second-order valence-electron chi connectivity index (χ2n) is 6.55. The highest BCUT2D eigenvalue weighted by Crippen LogP contribution is 2.18. The molecule has 0 aliphatic carbocycles. The van der Waals surface area contributed by atoms with Crippen LogP contribution in [-0.2, 0) is 0 Å². The topological polar surface area (TPSA) is 75.0 Å². The number of hydrogen-bond donors (Lipinski definition) is 1. The van der Waals surface area contributed by atoms with Crippen molar-refractivity contribution in [3.05, 3.63) is 54.0 Å². The van der Waals surface area contributed by atoms with Gasteiger partial charge in [-0.3, -0.25) is 4.79 Å². The first-order valence-corrected chi connectivity index (χ1v) is 9.10. The van der Waals surface area contributed by atoms with E-state index in [-0.39, 0.29) is 18.0 Å². The number of hydrogen-bond acceptors (Lipinski definition) is 4. The van der Waals surface area contributed by atoms with Gasteiger partial charge in [0.25, 0.3) is 5.91 Å². The Morgan fingerprint density at radius 3 is 2.44 bits per heavy atom. The number of urea groups is 1. The average Bonchev–Trinajstić information content (AvgIpc) is 3.11. The molecular formula is C20H25N3O4. The highest BCUT2D eigenvalue weighted by Gasteiger charge is 2.24. The van der Waals surface area contributed by atoms with Crippen molar-refractivity contribution in [2.75, 3.05) is 33.3 Å². The van der Waals surface area contributed by atoms with Crippen LogP contribution in [0.1, 0.15) is 35.5 Å². The van der Waals surface area contributed by atoms with Crippen LogP contribution in [0.15, 0.2) is 47.1 Å². The Kier molecular flexibility index (Phi) is 6.01. The molecule has 0 unspecified atom stereocenters. The number of carbonyl (C=O) groups is 2. The van der Waals surface area contributed by atoms with Crippen molar-refractivity contribution in [2.45, 2.75) is 19.4 Å². The van der Waals surface area contributed by atoms with Crippen molar-refractivity contribution in [3.8, 4) is 5.75 Å². The Morgan fingerprint density at radius 2 is 1.78 bits per heavy atom. The number of furan rings is 1. The number of methoxy groups -OCH3 is 1. The minimum Gasteiger partial charge on any atom is -0.497 e. The lowest BCUT2D eigenvalue weighted by Gasteiger charge is -2.24. The second kappa shape index (κ2) is 8.62. The molecule has 7 heteroatoms. The summed E-state index contributed by atoms with van der Waals surface area (Å²) in [5.41, 5.74) is 1.01. The van der Waals surface area contributed by atoms with E-state index in [0.717, 1.165) is 17.7 Å². The van der Waals surface area contributed by atoms with Gasteiger partial charge in [-0.2, -0.15) is 0 Å². The molecule has 0 spiro atoms. The third-order valence-electron chi connectivity index (χ3n) is 4.76. The molecule has 1 aromatic heterocycles.